The molecule has 0 radical (unpaired) electrons. The third-order valence-corrected chi connectivity index (χ3v) is 2.15. The first-order valence-electron chi connectivity index (χ1n) is 2.51. The molecule has 0 aliphatic rings. The maximum atomic E-state index is 10.6. The van der Waals surface area contributed by atoms with Gasteiger partial charge in [0.1, 0.15) is 5.75 Å². The largest absolute Gasteiger partial charge is 0.480 e. The van der Waals surface area contributed by atoms with Crippen LogP contribution >= 0.6 is 0 Å². The minimum atomic E-state index is -3.45. The first-order valence-corrected chi connectivity index (χ1v) is 4.33. The molecular weight excluding hydrogens is 156 g/mol. The zero-order valence-electron chi connectivity index (χ0n) is 5.28. The van der Waals surface area contributed by atoms with Gasteiger partial charge in [-0.1, -0.05) is 6.08 Å². The van der Waals surface area contributed by atoms with Gasteiger partial charge < -0.3 is 5.11 Å². The van der Waals surface area contributed by atoms with Gasteiger partial charge in [0.05, 0.1) is 5.75 Å². The second-order valence-corrected chi connectivity index (χ2v) is 3.85. The number of aliphatic carboxylic acids is 1. The van der Waals surface area contributed by atoms with Gasteiger partial charge in [0.25, 0.3) is 0 Å². The molecule has 0 spiro atoms. The molecule has 5 heteroatoms. The fourth-order valence-electron chi connectivity index (χ4n) is 0.427. The number of carboxylic acid groups (broad SMARTS) is 1. The van der Waals surface area contributed by atoms with E-state index in [0.29, 0.717) is 0 Å². The molecular formula is C5H8O4S. The Balaban J connectivity index is 4.14. The Kier molecular flexibility index (Phi) is 3.08. The van der Waals surface area contributed by atoms with Crippen LogP contribution in [0.25, 0.3) is 0 Å². The lowest BCUT2D eigenvalue weighted by atomic mass is 10.8. The number of carboxylic acids is 1. The van der Waals surface area contributed by atoms with Gasteiger partial charge in [-0.05, 0) is 0 Å². The molecule has 0 aromatic heterocycles. The van der Waals surface area contributed by atoms with E-state index in [1.807, 2.05) is 0 Å². The average Bonchev–Trinajstić information content (AvgIpc) is 1.59. The quantitative estimate of drug-likeness (QED) is 0.577. The zero-order chi connectivity index (χ0) is 8.20. The monoisotopic (exact) mass is 164 g/mol. The highest BCUT2D eigenvalue weighted by molar-refractivity contribution is 7.92. The van der Waals surface area contributed by atoms with E-state index in [-0.39, 0.29) is 5.75 Å². The van der Waals surface area contributed by atoms with Crippen molar-refractivity contribution in [3.8, 4) is 0 Å². The van der Waals surface area contributed by atoms with Crippen LogP contribution in [0.2, 0.25) is 0 Å². The number of hydrogen-bond acceptors (Lipinski definition) is 3. The summed E-state index contributed by atoms with van der Waals surface area (Å²) < 4.78 is 21.2. The lowest BCUT2D eigenvalue weighted by molar-refractivity contribution is -0.134. The van der Waals surface area contributed by atoms with Gasteiger partial charge in [-0.15, -0.1) is 6.58 Å². The molecule has 0 amide bonds. The second kappa shape index (κ2) is 3.36. The van der Waals surface area contributed by atoms with E-state index in [4.69, 9.17) is 5.11 Å². The van der Waals surface area contributed by atoms with Gasteiger partial charge in [-0.3, -0.25) is 4.79 Å². The summed E-state index contributed by atoms with van der Waals surface area (Å²) in [5.74, 6) is -2.43. The molecule has 4 nitrogen and oxygen atoms in total. The van der Waals surface area contributed by atoms with Crippen LogP contribution in [0.3, 0.4) is 0 Å². The van der Waals surface area contributed by atoms with Crippen LogP contribution in [-0.4, -0.2) is 31.0 Å². The third-order valence-electron chi connectivity index (χ3n) is 0.715. The predicted octanol–water partition coefficient (Wildman–Crippen LogP) is -0.328. The smallest absolute Gasteiger partial charge is 0.318 e. The van der Waals surface area contributed by atoms with Gasteiger partial charge in [0.2, 0.25) is 0 Å². The van der Waals surface area contributed by atoms with Gasteiger partial charge >= 0.3 is 5.97 Å². The summed E-state index contributed by atoms with van der Waals surface area (Å²) in [7, 11) is -3.45. The van der Waals surface area contributed by atoms with Crippen LogP contribution in [0.5, 0.6) is 0 Å². The van der Waals surface area contributed by atoms with Crippen molar-refractivity contribution in [1.82, 2.24) is 0 Å². The molecule has 0 aromatic rings. The van der Waals surface area contributed by atoms with Gasteiger partial charge in [-0.2, -0.15) is 0 Å². The molecule has 10 heavy (non-hydrogen) atoms. The predicted molar refractivity (Wildman–Crippen MR) is 36.5 cm³/mol. The number of hydrogen-bond donors (Lipinski definition) is 1. The average molecular weight is 164 g/mol. The molecule has 0 saturated heterocycles. The Morgan fingerprint density at radius 2 is 2.10 bits per heavy atom. The fourth-order valence-corrected chi connectivity index (χ4v) is 1.28. The molecule has 0 aromatic carbocycles. The zero-order valence-corrected chi connectivity index (χ0v) is 6.10. The van der Waals surface area contributed by atoms with Crippen LogP contribution in [0.4, 0.5) is 0 Å². The van der Waals surface area contributed by atoms with Crippen molar-refractivity contribution in [2.75, 3.05) is 11.5 Å². The summed E-state index contributed by atoms with van der Waals surface area (Å²) in [5, 5.41) is 8.06. The highest BCUT2D eigenvalue weighted by atomic mass is 32.2. The van der Waals surface area contributed by atoms with E-state index in [9.17, 15) is 13.2 Å². The lowest BCUT2D eigenvalue weighted by Gasteiger charge is -1.93. The number of rotatable bonds is 4. The molecule has 58 valence electrons. The highest BCUT2D eigenvalue weighted by Gasteiger charge is 2.12. The molecule has 0 unspecified atom stereocenters. The SMILES string of the molecule is C=CCS(=O)(=O)CC(=O)O. The van der Waals surface area contributed by atoms with Crippen LogP contribution in [-0.2, 0) is 14.6 Å². The Bertz CT molecular complexity index is 226. The molecule has 0 aliphatic carbocycles. The second-order valence-electron chi connectivity index (χ2n) is 1.74. The van der Waals surface area contributed by atoms with E-state index in [1.54, 1.807) is 0 Å². The summed E-state index contributed by atoms with van der Waals surface area (Å²) >= 11 is 0. The highest BCUT2D eigenvalue weighted by Crippen LogP contribution is 1.89. The molecule has 0 heterocycles. The van der Waals surface area contributed by atoms with Crippen LogP contribution < -0.4 is 0 Å². The summed E-state index contributed by atoms with van der Waals surface area (Å²) in [6.45, 7) is 3.18. The van der Waals surface area contributed by atoms with Crippen LogP contribution in [0.15, 0.2) is 12.7 Å². The molecule has 0 saturated carbocycles. The molecule has 0 aliphatic heterocycles. The summed E-state index contributed by atoms with van der Waals surface area (Å²) in [5.41, 5.74) is 0. The summed E-state index contributed by atoms with van der Waals surface area (Å²) in [6.07, 6.45) is 1.16. The van der Waals surface area contributed by atoms with E-state index < -0.39 is 21.6 Å². The standard InChI is InChI=1S/C5H8O4S/c1-2-3-10(8,9)4-5(6)7/h2H,1,3-4H2,(H,6,7). The fraction of sp³-hybridized carbons (Fsp3) is 0.400. The van der Waals surface area contributed by atoms with Crippen molar-refractivity contribution in [2.45, 2.75) is 0 Å². The topological polar surface area (TPSA) is 71.4 Å². The van der Waals surface area contributed by atoms with Crippen molar-refractivity contribution < 1.29 is 18.3 Å². The first kappa shape index (κ1) is 9.16. The maximum Gasteiger partial charge on any atom is 0.318 e. The van der Waals surface area contributed by atoms with Crippen molar-refractivity contribution in [3.63, 3.8) is 0 Å². The Labute approximate surface area is 59.1 Å². The normalized spacial score (nSPS) is 10.8. The van der Waals surface area contributed by atoms with Gasteiger partial charge in [-0.25, -0.2) is 8.42 Å². The summed E-state index contributed by atoms with van der Waals surface area (Å²) in [6, 6.07) is 0. The molecule has 1 N–H and O–H groups in total. The van der Waals surface area contributed by atoms with Crippen molar-refractivity contribution in [1.29, 1.82) is 0 Å². The maximum absolute atomic E-state index is 10.6. The van der Waals surface area contributed by atoms with Crippen molar-refractivity contribution >= 4 is 15.8 Å². The van der Waals surface area contributed by atoms with Gasteiger partial charge in [0.15, 0.2) is 9.84 Å². The van der Waals surface area contributed by atoms with Crippen molar-refractivity contribution in [2.24, 2.45) is 0 Å². The minimum Gasteiger partial charge on any atom is -0.480 e. The Morgan fingerprint density at radius 1 is 1.60 bits per heavy atom. The minimum absolute atomic E-state index is 0.278. The molecule has 0 fully saturated rings. The van der Waals surface area contributed by atoms with Gasteiger partial charge in [0, 0.05) is 0 Å². The number of carbonyl (C=O) groups is 1. The Morgan fingerprint density at radius 3 is 2.40 bits per heavy atom. The number of sulfone groups is 1. The van der Waals surface area contributed by atoms with E-state index in [0.717, 1.165) is 6.08 Å². The van der Waals surface area contributed by atoms with Crippen LogP contribution in [0, 0.1) is 0 Å². The third kappa shape index (κ3) is 4.08. The molecule has 0 atom stereocenters. The van der Waals surface area contributed by atoms with Crippen molar-refractivity contribution in [3.05, 3.63) is 12.7 Å². The van der Waals surface area contributed by atoms with E-state index in [1.165, 1.54) is 0 Å². The molecule has 0 rings (SSSR count). The summed E-state index contributed by atoms with van der Waals surface area (Å²) in [4.78, 5) is 9.88. The lowest BCUT2D eigenvalue weighted by Crippen LogP contribution is -2.16. The molecule has 0 bridgehead atoms. The Hall–Kier alpha value is -0.840. The van der Waals surface area contributed by atoms with E-state index >= 15 is 0 Å². The van der Waals surface area contributed by atoms with E-state index in [2.05, 4.69) is 6.58 Å². The van der Waals surface area contributed by atoms with Crippen LogP contribution in [0.1, 0.15) is 0 Å². The first-order chi connectivity index (χ1) is 4.48.